The molecule has 3 N–H and O–H groups in total. The molecule has 4 rings (SSSR count). The quantitative estimate of drug-likeness (QED) is 0.314. The highest BCUT2D eigenvalue weighted by Gasteiger charge is 2.26. The fourth-order valence-electron chi connectivity index (χ4n) is 3.98. The Morgan fingerprint density at radius 2 is 1.53 bits per heavy atom. The van der Waals surface area contributed by atoms with Gasteiger partial charge in [-0.05, 0) is 35.8 Å². The number of aromatic nitrogens is 1. The number of aromatic carboxylic acids is 1. The van der Waals surface area contributed by atoms with Gasteiger partial charge in [0.15, 0.2) is 11.5 Å². The zero-order chi connectivity index (χ0) is 24.2. The third-order valence-electron chi connectivity index (χ3n) is 5.88. The van der Waals surface area contributed by atoms with E-state index in [9.17, 15) is 20.1 Å². The molecule has 0 saturated heterocycles. The van der Waals surface area contributed by atoms with Gasteiger partial charge in [-0.15, -0.1) is 0 Å². The topological polar surface area (TPSA) is 107 Å². The van der Waals surface area contributed by atoms with Gasteiger partial charge in [-0.3, -0.25) is 4.90 Å². The van der Waals surface area contributed by atoms with Crippen LogP contribution in [0.2, 0.25) is 0 Å². The lowest BCUT2D eigenvalue weighted by Crippen LogP contribution is -2.21. The maximum absolute atomic E-state index is 11.9. The second-order valence-electron chi connectivity index (χ2n) is 7.95. The van der Waals surface area contributed by atoms with Crippen molar-refractivity contribution in [2.45, 2.75) is 20.4 Å². The molecule has 0 aliphatic rings. The van der Waals surface area contributed by atoms with E-state index in [2.05, 4.69) is 23.9 Å². The number of rotatable bonds is 8. The summed E-state index contributed by atoms with van der Waals surface area (Å²) in [7, 11) is 0. The summed E-state index contributed by atoms with van der Waals surface area (Å²) in [6, 6.07) is 19.5. The van der Waals surface area contributed by atoms with E-state index >= 15 is 0 Å². The molecule has 0 saturated carbocycles. The Morgan fingerprint density at radius 1 is 0.882 bits per heavy atom. The molecule has 3 aromatic carbocycles. The lowest BCUT2D eigenvalue weighted by Gasteiger charge is -2.18. The molecule has 34 heavy (non-hydrogen) atoms. The minimum Gasteiger partial charge on any atom is -0.507 e. The number of aromatic hydroxyl groups is 2. The fourth-order valence-corrected chi connectivity index (χ4v) is 3.98. The normalized spacial score (nSPS) is 11.1. The first-order valence-electron chi connectivity index (χ1n) is 11.1. The van der Waals surface area contributed by atoms with Gasteiger partial charge in [0.2, 0.25) is 0 Å². The van der Waals surface area contributed by atoms with Crippen molar-refractivity contribution < 1.29 is 24.6 Å². The second-order valence-corrected chi connectivity index (χ2v) is 7.95. The first-order chi connectivity index (χ1) is 16.4. The average Bonchev–Trinajstić information content (AvgIpc) is 3.29. The van der Waals surface area contributed by atoms with Crippen LogP contribution in [0.5, 0.6) is 11.5 Å². The largest absolute Gasteiger partial charge is 0.507 e. The molecule has 4 aromatic rings. The smallest absolute Gasteiger partial charge is 0.358 e. The Bertz CT molecular complexity index is 1290. The molecular formula is C27H26N2O5. The molecule has 0 aliphatic heterocycles. The Kier molecular flexibility index (Phi) is 6.65. The SMILES string of the molecule is CCN(CC)Cc1ccc(-c2c(C(=O)O)noc2-c2cc(-c3ccccc3)c(O)cc2O)cc1. The number of carbonyl (C=O) groups is 1. The monoisotopic (exact) mass is 458 g/mol. The molecule has 0 unspecified atom stereocenters. The summed E-state index contributed by atoms with van der Waals surface area (Å²) in [5.74, 6) is -1.47. The fraction of sp³-hybridized carbons (Fsp3) is 0.185. The van der Waals surface area contributed by atoms with E-state index < -0.39 is 5.97 Å². The van der Waals surface area contributed by atoms with E-state index in [4.69, 9.17) is 4.52 Å². The van der Waals surface area contributed by atoms with Crippen LogP contribution in [0.3, 0.4) is 0 Å². The molecule has 0 radical (unpaired) electrons. The van der Waals surface area contributed by atoms with E-state index in [1.165, 1.54) is 6.07 Å². The van der Waals surface area contributed by atoms with Gasteiger partial charge in [0.1, 0.15) is 11.5 Å². The molecule has 0 spiro atoms. The van der Waals surface area contributed by atoms with E-state index in [1.54, 1.807) is 6.07 Å². The molecule has 0 amide bonds. The Labute approximate surface area is 197 Å². The van der Waals surface area contributed by atoms with Crippen molar-refractivity contribution in [3.05, 3.63) is 78.0 Å². The van der Waals surface area contributed by atoms with Crippen LogP contribution in [-0.4, -0.2) is 44.4 Å². The summed E-state index contributed by atoms with van der Waals surface area (Å²) in [5.41, 5.74) is 3.16. The number of nitrogens with zero attached hydrogens (tertiary/aromatic N) is 2. The minimum absolute atomic E-state index is 0.104. The zero-order valence-electron chi connectivity index (χ0n) is 19.0. The number of phenolic OH excluding ortho intramolecular Hbond substituents is 2. The summed E-state index contributed by atoms with van der Waals surface area (Å²) in [4.78, 5) is 14.2. The van der Waals surface area contributed by atoms with Crippen molar-refractivity contribution in [1.82, 2.24) is 10.1 Å². The van der Waals surface area contributed by atoms with Crippen molar-refractivity contribution in [3.8, 4) is 45.1 Å². The standard InChI is InChI=1S/C27H26N2O5/c1-3-29(4-2)16-17-10-12-19(13-11-17)24-25(27(32)33)28-34-26(24)21-14-20(22(30)15-23(21)31)18-8-6-5-7-9-18/h5-15,30-31H,3-4,16H2,1-2H3,(H,32,33). The van der Waals surface area contributed by atoms with Crippen LogP contribution in [0.4, 0.5) is 0 Å². The number of hydrogen-bond acceptors (Lipinski definition) is 6. The van der Waals surface area contributed by atoms with Gasteiger partial charge >= 0.3 is 5.97 Å². The summed E-state index contributed by atoms with van der Waals surface area (Å²) in [6.07, 6.45) is 0. The van der Waals surface area contributed by atoms with Gasteiger partial charge in [-0.25, -0.2) is 4.79 Å². The Hall–Kier alpha value is -4.10. The van der Waals surface area contributed by atoms with Gasteiger partial charge in [0, 0.05) is 18.2 Å². The van der Waals surface area contributed by atoms with Gasteiger partial charge in [0.25, 0.3) is 0 Å². The molecule has 1 aromatic heterocycles. The minimum atomic E-state index is -1.24. The third-order valence-corrected chi connectivity index (χ3v) is 5.88. The van der Waals surface area contributed by atoms with Gasteiger partial charge < -0.3 is 19.8 Å². The summed E-state index contributed by atoms with van der Waals surface area (Å²) < 4.78 is 5.46. The highest BCUT2D eigenvalue weighted by molar-refractivity contribution is 5.99. The predicted molar refractivity (Wildman–Crippen MR) is 130 cm³/mol. The van der Waals surface area contributed by atoms with Crippen molar-refractivity contribution in [2.75, 3.05) is 13.1 Å². The summed E-state index contributed by atoms with van der Waals surface area (Å²) >= 11 is 0. The highest BCUT2D eigenvalue weighted by atomic mass is 16.5. The van der Waals surface area contributed by atoms with Crippen LogP contribution >= 0.6 is 0 Å². The van der Waals surface area contributed by atoms with E-state index in [1.807, 2.05) is 54.6 Å². The van der Waals surface area contributed by atoms with Gasteiger partial charge in [-0.1, -0.05) is 73.6 Å². The lowest BCUT2D eigenvalue weighted by molar-refractivity contribution is 0.0686. The predicted octanol–water partition coefficient (Wildman–Crippen LogP) is 5.63. The molecule has 0 fully saturated rings. The molecule has 0 aliphatic carbocycles. The summed E-state index contributed by atoms with van der Waals surface area (Å²) in [6.45, 7) is 6.86. The van der Waals surface area contributed by atoms with E-state index in [0.717, 1.165) is 30.8 Å². The number of carboxylic acids is 1. The number of benzene rings is 3. The van der Waals surface area contributed by atoms with Crippen LogP contribution in [0.1, 0.15) is 29.9 Å². The van der Waals surface area contributed by atoms with Crippen molar-refractivity contribution in [3.63, 3.8) is 0 Å². The molecule has 7 heteroatoms. The maximum Gasteiger partial charge on any atom is 0.358 e. The van der Waals surface area contributed by atoms with Crippen molar-refractivity contribution in [2.24, 2.45) is 0 Å². The van der Waals surface area contributed by atoms with Crippen LogP contribution in [0.25, 0.3) is 33.6 Å². The average molecular weight is 459 g/mol. The lowest BCUT2D eigenvalue weighted by atomic mass is 9.95. The second kappa shape index (κ2) is 9.80. The molecule has 7 nitrogen and oxygen atoms in total. The number of hydrogen-bond donors (Lipinski definition) is 3. The van der Waals surface area contributed by atoms with E-state index in [0.29, 0.717) is 11.1 Å². The van der Waals surface area contributed by atoms with E-state index in [-0.39, 0.29) is 34.1 Å². The van der Waals surface area contributed by atoms with Gasteiger partial charge in [-0.2, -0.15) is 0 Å². The Morgan fingerprint density at radius 3 is 2.15 bits per heavy atom. The summed E-state index contributed by atoms with van der Waals surface area (Å²) in [5, 5.41) is 34.6. The first-order valence-corrected chi connectivity index (χ1v) is 11.1. The third kappa shape index (κ3) is 4.51. The van der Waals surface area contributed by atoms with Crippen molar-refractivity contribution >= 4 is 5.97 Å². The molecule has 174 valence electrons. The number of phenols is 2. The molecule has 0 atom stereocenters. The van der Waals surface area contributed by atoms with Crippen molar-refractivity contribution in [1.29, 1.82) is 0 Å². The molecule has 0 bridgehead atoms. The molecular weight excluding hydrogens is 432 g/mol. The van der Waals surface area contributed by atoms with Crippen LogP contribution in [0.15, 0.2) is 71.3 Å². The Balaban J connectivity index is 1.82. The highest BCUT2D eigenvalue weighted by Crippen LogP contribution is 2.44. The number of carboxylic acid groups (broad SMARTS) is 1. The zero-order valence-corrected chi connectivity index (χ0v) is 19.0. The van der Waals surface area contributed by atoms with Crippen LogP contribution in [0, 0.1) is 0 Å². The first kappa shape index (κ1) is 23.1. The van der Waals surface area contributed by atoms with Crippen LogP contribution < -0.4 is 0 Å². The molecule has 1 heterocycles. The maximum atomic E-state index is 11.9. The van der Waals surface area contributed by atoms with Gasteiger partial charge in [0.05, 0.1) is 11.1 Å². The van der Waals surface area contributed by atoms with Crippen LogP contribution in [-0.2, 0) is 6.54 Å².